The highest BCUT2D eigenvalue weighted by Crippen LogP contribution is 2.34. The molecule has 100 valence electrons. The molecule has 0 aromatic heterocycles. The average Bonchev–Trinajstić information content (AvgIpc) is 2.41. The van der Waals surface area contributed by atoms with Crippen LogP contribution in [0.1, 0.15) is 24.9 Å². The van der Waals surface area contributed by atoms with Crippen LogP contribution < -0.4 is 5.73 Å². The summed E-state index contributed by atoms with van der Waals surface area (Å²) in [6.07, 6.45) is 0.809. The number of halogens is 2. The molecular formula is C15H15F2NS. The second kappa shape index (κ2) is 6.17. The van der Waals surface area contributed by atoms with Crippen LogP contribution in [0.3, 0.4) is 0 Å². The van der Waals surface area contributed by atoms with Crippen LogP contribution in [-0.2, 0) is 0 Å². The zero-order valence-electron chi connectivity index (χ0n) is 10.6. The van der Waals surface area contributed by atoms with Crippen molar-refractivity contribution in [1.29, 1.82) is 0 Å². The van der Waals surface area contributed by atoms with E-state index < -0.39 is 11.6 Å². The SMILES string of the molecule is CC[C@H](N)c1ccccc1Sc1ccc(F)cc1F. The summed E-state index contributed by atoms with van der Waals surface area (Å²) in [6, 6.07) is 11.2. The molecule has 0 aliphatic rings. The molecule has 2 N–H and O–H groups in total. The van der Waals surface area contributed by atoms with Crippen molar-refractivity contribution in [1.82, 2.24) is 0 Å². The lowest BCUT2D eigenvalue weighted by Crippen LogP contribution is -2.09. The first-order valence-corrected chi connectivity index (χ1v) is 6.91. The van der Waals surface area contributed by atoms with Crippen molar-refractivity contribution in [2.75, 3.05) is 0 Å². The lowest BCUT2D eigenvalue weighted by molar-refractivity contribution is 0.565. The largest absolute Gasteiger partial charge is 0.324 e. The van der Waals surface area contributed by atoms with E-state index in [0.29, 0.717) is 4.90 Å². The summed E-state index contributed by atoms with van der Waals surface area (Å²) in [7, 11) is 0. The number of hydrogen-bond acceptors (Lipinski definition) is 2. The van der Waals surface area contributed by atoms with E-state index in [0.717, 1.165) is 22.9 Å². The summed E-state index contributed by atoms with van der Waals surface area (Å²) >= 11 is 1.27. The average molecular weight is 279 g/mol. The maximum absolute atomic E-state index is 13.7. The van der Waals surface area contributed by atoms with E-state index in [-0.39, 0.29) is 6.04 Å². The summed E-state index contributed by atoms with van der Waals surface area (Å²) in [5.74, 6) is -1.12. The molecule has 0 heterocycles. The van der Waals surface area contributed by atoms with Gasteiger partial charge in [0.15, 0.2) is 0 Å². The third-order valence-electron chi connectivity index (χ3n) is 2.87. The minimum atomic E-state index is -0.569. The van der Waals surface area contributed by atoms with Crippen LogP contribution in [0, 0.1) is 11.6 Å². The van der Waals surface area contributed by atoms with Gasteiger partial charge in [0.25, 0.3) is 0 Å². The molecular weight excluding hydrogens is 264 g/mol. The van der Waals surface area contributed by atoms with Crippen LogP contribution >= 0.6 is 11.8 Å². The van der Waals surface area contributed by atoms with Crippen molar-refractivity contribution in [3.05, 3.63) is 59.7 Å². The molecule has 0 unspecified atom stereocenters. The molecule has 0 bridgehead atoms. The third-order valence-corrected chi connectivity index (χ3v) is 4.01. The van der Waals surface area contributed by atoms with Gasteiger partial charge >= 0.3 is 0 Å². The number of hydrogen-bond donors (Lipinski definition) is 1. The van der Waals surface area contributed by atoms with Crippen LogP contribution in [-0.4, -0.2) is 0 Å². The minimum absolute atomic E-state index is 0.0767. The number of nitrogens with two attached hydrogens (primary N) is 1. The highest BCUT2D eigenvalue weighted by molar-refractivity contribution is 7.99. The van der Waals surface area contributed by atoms with Crippen molar-refractivity contribution >= 4 is 11.8 Å². The van der Waals surface area contributed by atoms with Gasteiger partial charge in [0, 0.05) is 21.9 Å². The lowest BCUT2D eigenvalue weighted by atomic mass is 10.1. The first-order valence-electron chi connectivity index (χ1n) is 6.09. The van der Waals surface area contributed by atoms with Crippen molar-refractivity contribution in [3.8, 4) is 0 Å². The predicted octanol–water partition coefficient (Wildman–Crippen LogP) is 4.53. The smallest absolute Gasteiger partial charge is 0.140 e. The molecule has 1 nitrogen and oxygen atoms in total. The van der Waals surface area contributed by atoms with Gasteiger partial charge in [-0.25, -0.2) is 8.78 Å². The Balaban J connectivity index is 2.33. The van der Waals surface area contributed by atoms with Crippen molar-refractivity contribution in [2.24, 2.45) is 5.73 Å². The van der Waals surface area contributed by atoms with E-state index in [9.17, 15) is 8.78 Å². The molecule has 0 aliphatic heterocycles. The zero-order valence-corrected chi connectivity index (χ0v) is 11.4. The summed E-state index contributed by atoms with van der Waals surface area (Å²) in [4.78, 5) is 1.31. The molecule has 19 heavy (non-hydrogen) atoms. The highest BCUT2D eigenvalue weighted by atomic mass is 32.2. The first kappa shape index (κ1) is 14.0. The van der Waals surface area contributed by atoms with Gasteiger partial charge < -0.3 is 5.73 Å². The molecule has 4 heteroatoms. The molecule has 0 saturated carbocycles. The van der Waals surface area contributed by atoms with E-state index in [1.807, 2.05) is 31.2 Å². The summed E-state index contributed by atoms with van der Waals surface area (Å²) in [5.41, 5.74) is 7.03. The maximum atomic E-state index is 13.7. The fourth-order valence-electron chi connectivity index (χ4n) is 1.78. The van der Waals surface area contributed by atoms with Crippen LogP contribution in [0.2, 0.25) is 0 Å². The highest BCUT2D eigenvalue weighted by Gasteiger charge is 2.12. The fraction of sp³-hybridized carbons (Fsp3) is 0.200. The van der Waals surface area contributed by atoms with Gasteiger partial charge in [0.1, 0.15) is 11.6 Å². The molecule has 1 atom stereocenters. The van der Waals surface area contributed by atoms with Gasteiger partial charge in [-0.05, 0) is 30.2 Å². The Hall–Kier alpha value is -1.39. The topological polar surface area (TPSA) is 26.0 Å². The van der Waals surface area contributed by atoms with Gasteiger partial charge in [0.05, 0.1) is 0 Å². The van der Waals surface area contributed by atoms with Gasteiger partial charge in [0.2, 0.25) is 0 Å². The second-order valence-corrected chi connectivity index (χ2v) is 5.31. The molecule has 0 aliphatic carbocycles. The quantitative estimate of drug-likeness (QED) is 0.890. The molecule has 0 spiro atoms. The summed E-state index contributed by atoms with van der Waals surface area (Å²) in [5, 5.41) is 0. The van der Waals surface area contributed by atoms with Crippen LogP contribution in [0.15, 0.2) is 52.3 Å². The van der Waals surface area contributed by atoms with Crippen LogP contribution in [0.4, 0.5) is 8.78 Å². The van der Waals surface area contributed by atoms with Gasteiger partial charge in [-0.3, -0.25) is 0 Å². The van der Waals surface area contributed by atoms with E-state index in [1.165, 1.54) is 23.9 Å². The first-order chi connectivity index (χ1) is 9.11. The van der Waals surface area contributed by atoms with Crippen molar-refractivity contribution in [2.45, 2.75) is 29.2 Å². The normalized spacial score (nSPS) is 12.4. The summed E-state index contributed by atoms with van der Waals surface area (Å²) in [6.45, 7) is 2.00. The Morgan fingerprint density at radius 1 is 1.11 bits per heavy atom. The Labute approximate surface area is 115 Å². The van der Waals surface area contributed by atoms with E-state index in [1.54, 1.807) is 0 Å². The molecule has 0 saturated heterocycles. The maximum Gasteiger partial charge on any atom is 0.140 e. The molecule has 2 aromatic carbocycles. The minimum Gasteiger partial charge on any atom is -0.324 e. The van der Waals surface area contributed by atoms with Gasteiger partial charge in [-0.1, -0.05) is 36.9 Å². The van der Waals surface area contributed by atoms with E-state index in [2.05, 4.69) is 0 Å². The van der Waals surface area contributed by atoms with E-state index >= 15 is 0 Å². The monoisotopic (exact) mass is 279 g/mol. The predicted molar refractivity (Wildman–Crippen MR) is 74.1 cm³/mol. The molecule has 2 rings (SSSR count). The van der Waals surface area contributed by atoms with Gasteiger partial charge in [-0.2, -0.15) is 0 Å². The molecule has 0 fully saturated rings. The van der Waals surface area contributed by atoms with Gasteiger partial charge in [-0.15, -0.1) is 0 Å². The molecule has 0 amide bonds. The van der Waals surface area contributed by atoms with Crippen molar-refractivity contribution < 1.29 is 8.78 Å². The second-order valence-electron chi connectivity index (χ2n) is 4.23. The van der Waals surface area contributed by atoms with Crippen molar-refractivity contribution in [3.63, 3.8) is 0 Å². The van der Waals surface area contributed by atoms with Crippen LogP contribution in [0.25, 0.3) is 0 Å². The standard InChI is InChI=1S/C15H15F2NS/c1-2-13(18)11-5-3-4-6-14(11)19-15-8-7-10(16)9-12(15)17/h3-9,13H,2,18H2,1H3/t13-/m0/s1. The van der Waals surface area contributed by atoms with E-state index in [4.69, 9.17) is 5.73 Å². The fourth-order valence-corrected chi connectivity index (χ4v) is 2.79. The molecule has 2 aromatic rings. The van der Waals surface area contributed by atoms with Crippen LogP contribution in [0.5, 0.6) is 0 Å². The Morgan fingerprint density at radius 2 is 1.84 bits per heavy atom. The summed E-state index contributed by atoms with van der Waals surface area (Å²) < 4.78 is 26.5. The Morgan fingerprint density at radius 3 is 2.53 bits per heavy atom. The number of rotatable bonds is 4. The Kier molecular flexibility index (Phi) is 4.56. The Bertz CT molecular complexity index is 572. The third kappa shape index (κ3) is 3.33. The lowest BCUT2D eigenvalue weighted by Gasteiger charge is -2.14. The molecule has 0 radical (unpaired) electrons. The number of benzene rings is 2. The zero-order chi connectivity index (χ0) is 13.8.